The van der Waals surface area contributed by atoms with Crippen molar-refractivity contribution in [1.82, 2.24) is 10.6 Å². The number of rotatable bonds is 4. The molecule has 4 N–H and O–H groups in total. The second-order valence-electron chi connectivity index (χ2n) is 4.71. The van der Waals surface area contributed by atoms with Crippen molar-refractivity contribution in [3.63, 3.8) is 0 Å². The molecule has 0 spiro atoms. The van der Waals surface area contributed by atoms with Crippen LogP contribution in [0.4, 0.5) is 0 Å². The van der Waals surface area contributed by atoms with Crippen LogP contribution in [0.2, 0.25) is 0 Å². The summed E-state index contributed by atoms with van der Waals surface area (Å²) < 4.78 is 0. The third-order valence-corrected chi connectivity index (χ3v) is 3.31. The quantitative estimate of drug-likeness (QED) is 0.654. The average Bonchev–Trinajstić information content (AvgIpc) is 2.44. The van der Waals surface area contributed by atoms with Gasteiger partial charge in [-0.25, -0.2) is 0 Å². The number of benzene rings is 1. The van der Waals surface area contributed by atoms with E-state index in [0.29, 0.717) is 6.42 Å². The molecule has 1 aliphatic rings. The van der Waals surface area contributed by atoms with E-state index in [1.807, 2.05) is 30.3 Å². The molecule has 20 heavy (non-hydrogen) atoms. The van der Waals surface area contributed by atoms with Gasteiger partial charge in [-0.05, 0) is 12.0 Å². The molecule has 1 fully saturated rings. The van der Waals surface area contributed by atoms with Crippen LogP contribution in [0.15, 0.2) is 30.3 Å². The summed E-state index contributed by atoms with van der Waals surface area (Å²) >= 11 is 0. The monoisotopic (exact) mass is 275 g/mol. The number of piperidine rings is 1. The van der Waals surface area contributed by atoms with Gasteiger partial charge in [-0.15, -0.1) is 0 Å². The van der Waals surface area contributed by atoms with Crippen molar-refractivity contribution >= 4 is 17.7 Å². The summed E-state index contributed by atoms with van der Waals surface area (Å²) in [7, 11) is 0. The molecule has 2 rings (SSSR count). The molecular formula is C14H17N3O3. The first-order valence-corrected chi connectivity index (χ1v) is 6.51. The third-order valence-electron chi connectivity index (χ3n) is 3.31. The highest BCUT2D eigenvalue weighted by atomic mass is 16.2. The Kier molecular flexibility index (Phi) is 4.47. The van der Waals surface area contributed by atoms with Crippen LogP contribution in [0.25, 0.3) is 0 Å². The molecule has 0 saturated carbocycles. The van der Waals surface area contributed by atoms with Crippen molar-refractivity contribution in [2.45, 2.75) is 24.8 Å². The number of carbonyl (C=O) groups is 3. The van der Waals surface area contributed by atoms with Gasteiger partial charge >= 0.3 is 0 Å². The van der Waals surface area contributed by atoms with Gasteiger partial charge in [0.2, 0.25) is 17.7 Å². The summed E-state index contributed by atoms with van der Waals surface area (Å²) in [5.74, 6) is -1.56. The first kappa shape index (κ1) is 14.2. The maximum atomic E-state index is 12.2. The molecule has 6 nitrogen and oxygen atoms in total. The van der Waals surface area contributed by atoms with E-state index < -0.39 is 17.9 Å². The maximum Gasteiger partial charge on any atom is 0.249 e. The molecule has 106 valence electrons. The highest BCUT2D eigenvalue weighted by molar-refractivity contribution is 6.02. The molecule has 1 aliphatic heterocycles. The van der Waals surface area contributed by atoms with Gasteiger partial charge in [-0.2, -0.15) is 0 Å². The van der Waals surface area contributed by atoms with Gasteiger partial charge in [-0.1, -0.05) is 30.3 Å². The third kappa shape index (κ3) is 3.21. The Hall–Kier alpha value is -2.21. The smallest absolute Gasteiger partial charge is 0.249 e. The minimum absolute atomic E-state index is 0.156. The molecule has 1 aromatic rings. The number of amides is 3. The predicted octanol–water partition coefficient (Wildman–Crippen LogP) is -0.350. The molecule has 0 aliphatic carbocycles. The van der Waals surface area contributed by atoms with Gasteiger partial charge in [0.25, 0.3) is 0 Å². The Labute approximate surface area is 116 Å². The Morgan fingerprint density at radius 3 is 2.65 bits per heavy atom. The van der Waals surface area contributed by atoms with E-state index in [9.17, 15) is 14.4 Å². The molecule has 0 bridgehead atoms. The van der Waals surface area contributed by atoms with Crippen LogP contribution in [-0.2, 0) is 14.4 Å². The molecule has 0 aromatic heterocycles. The zero-order chi connectivity index (χ0) is 14.5. The number of nitrogens with one attached hydrogen (secondary N) is 2. The van der Waals surface area contributed by atoms with Crippen LogP contribution in [0.5, 0.6) is 0 Å². The number of carbonyl (C=O) groups excluding carboxylic acids is 3. The Morgan fingerprint density at radius 1 is 1.35 bits per heavy atom. The summed E-state index contributed by atoms with van der Waals surface area (Å²) in [6.45, 7) is 0.156. The summed E-state index contributed by atoms with van der Waals surface area (Å²) in [6.07, 6.45) is 0.553. The minimum atomic E-state index is -0.669. The fraction of sp³-hybridized carbons (Fsp3) is 0.357. The molecule has 3 amide bonds. The van der Waals surface area contributed by atoms with Crippen LogP contribution < -0.4 is 16.4 Å². The lowest BCUT2D eigenvalue weighted by molar-refractivity contribution is -0.137. The zero-order valence-electron chi connectivity index (χ0n) is 11.0. The van der Waals surface area contributed by atoms with Gasteiger partial charge in [0, 0.05) is 13.0 Å². The first-order valence-electron chi connectivity index (χ1n) is 6.51. The second-order valence-corrected chi connectivity index (χ2v) is 4.71. The second kappa shape index (κ2) is 6.29. The van der Waals surface area contributed by atoms with Gasteiger partial charge < -0.3 is 11.1 Å². The molecule has 0 radical (unpaired) electrons. The Morgan fingerprint density at radius 2 is 2.05 bits per heavy atom. The van der Waals surface area contributed by atoms with Crippen molar-refractivity contribution in [2.75, 3.05) is 6.54 Å². The van der Waals surface area contributed by atoms with Gasteiger partial charge in [0.15, 0.2) is 0 Å². The number of hydrogen-bond acceptors (Lipinski definition) is 4. The Balaban J connectivity index is 2.03. The number of hydrogen-bond donors (Lipinski definition) is 3. The van der Waals surface area contributed by atoms with E-state index in [0.717, 1.165) is 5.56 Å². The lowest BCUT2D eigenvalue weighted by atomic mass is 9.97. The van der Waals surface area contributed by atoms with Crippen molar-refractivity contribution in [3.8, 4) is 0 Å². The molecule has 1 saturated heterocycles. The van der Waals surface area contributed by atoms with Crippen LogP contribution in [0.1, 0.15) is 24.3 Å². The van der Waals surface area contributed by atoms with E-state index >= 15 is 0 Å². The van der Waals surface area contributed by atoms with E-state index in [1.54, 1.807) is 0 Å². The lowest BCUT2D eigenvalue weighted by Crippen LogP contribution is -2.53. The van der Waals surface area contributed by atoms with Crippen molar-refractivity contribution in [2.24, 2.45) is 5.73 Å². The highest BCUT2D eigenvalue weighted by Gasteiger charge is 2.30. The van der Waals surface area contributed by atoms with Gasteiger partial charge in [0.1, 0.15) is 6.04 Å². The summed E-state index contributed by atoms with van der Waals surface area (Å²) in [5.41, 5.74) is 6.46. The van der Waals surface area contributed by atoms with E-state index in [-0.39, 0.29) is 24.8 Å². The van der Waals surface area contributed by atoms with Crippen molar-refractivity contribution in [3.05, 3.63) is 35.9 Å². The lowest BCUT2D eigenvalue weighted by Gasteiger charge is -2.24. The van der Waals surface area contributed by atoms with Crippen LogP contribution in [0.3, 0.4) is 0 Å². The largest absolute Gasteiger partial charge is 0.344 e. The predicted molar refractivity (Wildman–Crippen MR) is 72.6 cm³/mol. The van der Waals surface area contributed by atoms with Gasteiger partial charge in [0.05, 0.1) is 5.92 Å². The maximum absolute atomic E-state index is 12.2. The highest BCUT2D eigenvalue weighted by Crippen LogP contribution is 2.15. The van der Waals surface area contributed by atoms with E-state index in [4.69, 9.17) is 5.73 Å². The molecule has 1 heterocycles. The fourth-order valence-corrected chi connectivity index (χ4v) is 2.18. The standard InChI is InChI=1S/C14H17N3O3/c15-8-10(9-4-2-1-3-5-9)13(19)16-11-6-7-12(18)17-14(11)20/h1-5,10-11H,6-8,15H2,(H,16,19)(H,17,18,20). The van der Waals surface area contributed by atoms with Crippen LogP contribution >= 0.6 is 0 Å². The van der Waals surface area contributed by atoms with Gasteiger partial charge in [-0.3, -0.25) is 19.7 Å². The summed E-state index contributed by atoms with van der Waals surface area (Å²) in [5, 5.41) is 4.86. The van der Waals surface area contributed by atoms with Crippen LogP contribution in [-0.4, -0.2) is 30.3 Å². The van der Waals surface area contributed by atoms with Crippen molar-refractivity contribution < 1.29 is 14.4 Å². The van der Waals surface area contributed by atoms with E-state index in [1.165, 1.54) is 0 Å². The number of imide groups is 1. The molecular weight excluding hydrogens is 258 g/mol. The number of nitrogens with two attached hydrogens (primary N) is 1. The molecule has 2 unspecified atom stereocenters. The normalized spacial score (nSPS) is 20.1. The Bertz CT molecular complexity index is 516. The van der Waals surface area contributed by atoms with Crippen LogP contribution in [0, 0.1) is 0 Å². The topological polar surface area (TPSA) is 101 Å². The first-order chi connectivity index (χ1) is 9.61. The summed E-state index contributed by atoms with van der Waals surface area (Å²) in [4.78, 5) is 34.9. The van der Waals surface area contributed by atoms with Crippen molar-refractivity contribution in [1.29, 1.82) is 0 Å². The molecule has 2 atom stereocenters. The SMILES string of the molecule is NCC(C(=O)NC1CCC(=O)NC1=O)c1ccccc1. The summed E-state index contributed by atoms with van der Waals surface area (Å²) in [6, 6.07) is 8.49. The average molecular weight is 275 g/mol. The fourth-order valence-electron chi connectivity index (χ4n) is 2.18. The minimum Gasteiger partial charge on any atom is -0.344 e. The molecule has 1 aromatic carbocycles. The van der Waals surface area contributed by atoms with E-state index in [2.05, 4.69) is 10.6 Å². The molecule has 6 heteroatoms. The zero-order valence-corrected chi connectivity index (χ0v) is 11.0.